The summed E-state index contributed by atoms with van der Waals surface area (Å²) >= 11 is 0. The van der Waals surface area contributed by atoms with Crippen molar-refractivity contribution >= 4 is 6.03 Å². The Bertz CT molecular complexity index is 877. The highest BCUT2D eigenvalue weighted by Crippen LogP contribution is 2.12. The van der Waals surface area contributed by atoms with Gasteiger partial charge in [0.05, 0.1) is 26.4 Å². The summed E-state index contributed by atoms with van der Waals surface area (Å²) in [5, 5.41) is 7.30. The molecule has 0 fully saturated rings. The van der Waals surface area contributed by atoms with Crippen LogP contribution in [0.25, 0.3) is 0 Å². The maximum atomic E-state index is 12.3. The molecule has 0 saturated heterocycles. The number of nitrogens with zero attached hydrogens (tertiary/aromatic N) is 3. The molecule has 3 rings (SSSR count). The van der Waals surface area contributed by atoms with E-state index in [-0.39, 0.29) is 6.03 Å². The number of amides is 2. The number of rotatable bonds is 7. The third kappa shape index (κ3) is 5.34. The second-order valence-corrected chi connectivity index (χ2v) is 6.40. The van der Waals surface area contributed by atoms with E-state index in [4.69, 9.17) is 4.74 Å². The Morgan fingerprint density at radius 1 is 1.11 bits per heavy atom. The number of nitrogens with one attached hydrogen (secondary N) is 1. The lowest BCUT2D eigenvalue weighted by molar-refractivity contribution is 0.206. The number of ether oxygens (including phenoxy) is 1. The van der Waals surface area contributed by atoms with Gasteiger partial charge in [-0.2, -0.15) is 5.10 Å². The monoisotopic (exact) mass is 364 g/mol. The molecule has 0 bridgehead atoms. The summed E-state index contributed by atoms with van der Waals surface area (Å²) in [6.07, 6.45) is 3.77. The van der Waals surface area contributed by atoms with Crippen molar-refractivity contribution in [3.05, 3.63) is 83.7 Å². The highest BCUT2D eigenvalue weighted by molar-refractivity contribution is 5.73. The molecule has 1 aromatic heterocycles. The quantitative estimate of drug-likeness (QED) is 0.700. The lowest BCUT2D eigenvalue weighted by Gasteiger charge is -2.17. The standard InChI is InChI=1S/C21H24N4O2/c1-24(21(26)22-12-18-9-6-10-20(11-18)27-2)14-19-13-23-25(16-19)15-17-7-4-3-5-8-17/h3-11,13,16H,12,14-15H2,1-2H3,(H,22,26). The van der Waals surface area contributed by atoms with Crippen LogP contribution >= 0.6 is 0 Å². The highest BCUT2D eigenvalue weighted by Gasteiger charge is 2.10. The van der Waals surface area contributed by atoms with E-state index < -0.39 is 0 Å². The molecule has 6 nitrogen and oxygen atoms in total. The Hall–Kier alpha value is -3.28. The van der Waals surface area contributed by atoms with Gasteiger partial charge in [0, 0.05) is 25.4 Å². The van der Waals surface area contributed by atoms with Gasteiger partial charge in [-0.05, 0) is 23.3 Å². The van der Waals surface area contributed by atoms with Crippen molar-refractivity contribution in [2.45, 2.75) is 19.6 Å². The second-order valence-electron chi connectivity index (χ2n) is 6.40. The first-order valence-electron chi connectivity index (χ1n) is 8.81. The summed E-state index contributed by atoms with van der Waals surface area (Å²) < 4.78 is 7.08. The van der Waals surface area contributed by atoms with E-state index in [2.05, 4.69) is 22.5 Å². The first kappa shape index (κ1) is 18.5. The molecular weight excluding hydrogens is 340 g/mol. The molecule has 0 unspecified atom stereocenters. The van der Waals surface area contributed by atoms with Gasteiger partial charge < -0.3 is 15.0 Å². The number of carbonyl (C=O) groups excluding carboxylic acids is 1. The largest absolute Gasteiger partial charge is 0.497 e. The van der Waals surface area contributed by atoms with Crippen LogP contribution in [-0.2, 0) is 19.6 Å². The zero-order valence-electron chi connectivity index (χ0n) is 15.6. The minimum atomic E-state index is -0.131. The molecule has 0 spiro atoms. The van der Waals surface area contributed by atoms with E-state index in [1.807, 2.05) is 53.3 Å². The molecule has 3 aromatic rings. The van der Waals surface area contributed by atoms with Crippen LogP contribution in [0.1, 0.15) is 16.7 Å². The van der Waals surface area contributed by atoms with Gasteiger partial charge in [-0.15, -0.1) is 0 Å². The number of aromatic nitrogens is 2. The van der Waals surface area contributed by atoms with Crippen LogP contribution in [0.15, 0.2) is 67.0 Å². The number of carbonyl (C=O) groups is 1. The third-order valence-electron chi connectivity index (χ3n) is 4.22. The summed E-state index contributed by atoms with van der Waals surface area (Å²) in [5.41, 5.74) is 3.17. The second kappa shape index (κ2) is 8.89. The highest BCUT2D eigenvalue weighted by atomic mass is 16.5. The topological polar surface area (TPSA) is 59.4 Å². The van der Waals surface area contributed by atoms with Gasteiger partial charge in [-0.1, -0.05) is 42.5 Å². The van der Waals surface area contributed by atoms with Crippen molar-refractivity contribution < 1.29 is 9.53 Å². The van der Waals surface area contributed by atoms with E-state index >= 15 is 0 Å². The Morgan fingerprint density at radius 2 is 1.89 bits per heavy atom. The maximum Gasteiger partial charge on any atom is 0.317 e. The summed E-state index contributed by atoms with van der Waals surface area (Å²) in [4.78, 5) is 14.0. The van der Waals surface area contributed by atoms with Crippen molar-refractivity contribution in [3.63, 3.8) is 0 Å². The van der Waals surface area contributed by atoms with Gasteiger partial charge in [0.2, 0.25) is 0 Å². The molecular formula is C21H24N4O2. The third-order valence-corrected chi connectivity index (χ3v) is 4.22. The first-order chi connectivity index (χ1) is 13.1. The summed E-state index contributed by atoms with van der Waals surface area (Å²) in [5.74, 6) is 0.779. The lowest BCUT2D eigenvalue weighted by Crippen LogP contribution is -2.36. The Balaban J connectivity index is 1.50. The van der Waals surface area contributed by atoms with Crippen LogP contribution < -0.4 is 10.1 Å². The number of hydrogen-bond donors (Lipinski definition) is 1. The molecule has 1 heterocycles. The lowest BCUT2D eigenvalue weighted by atomic mass is 10.2. The number of hydrogen-bond acceptors (Lipinski definition) is 3. The zero-order chi connectivity index (χ0) is 19.1. The fourth-order valence-corrected chi connectivity index (χ4v) is 2.79. The minimum absolute atomic E-state index is 0.131. The normalized spacial score (nSPS) is 10.4. The van der Waals surface area contributed by atoms with E-state index in [9.17, 15) is 4.79 Å². The molecule has 0 radical (unpaired) electrons. The predicted molar refractivity (Wildman–Crippen MR) is 104 cm³/mol. The van der Waals surface area contributed by atoms with Crippen molar-refractivity contribution in [3.8, 4) is 5.75 Å². The maximum absolute atomic E-state index is 12.3. The van der Waals surface area contributed by atoms with Crippen molar-refractivity contribution in [1.29, 1.82) is 0 Å². The van der Waals surface area contributed by atoms with E-state index in [1.54, 1.807) is 25.3 Å². The average Bonchev–Trinajstić information content (AvgIpc) is 3.13. The van der Waals surface area contributed by atoms with Crippen molar-refractivity contribution in [2.24, 2.45) is 0 Å². The number of urea groups is 1. The predicted octanol–water partition coefficient (Wildman–Crippen LogP) is 3.28. The molecule has 0 aliphatic rings. The molecule has 0 saturated carbocycles. The summed E-state index contributed by atoms with van der Waals surface area (Å²) in [6, 6.07) is 17.7. The van der Waals surface area contributed by atoms with E-state index in [0.29, 0.717) is 19.6 Å². The van der Waals surface area contributed by atoms with Crippen molar-refractivity contribution in [2.75, 3.05) is 14.2 Å². The van der Waals surface area contributed by atoms with Gasteiger partial charge in [0.1, 0.15) is 5.75 Å². The minimum Gasteiger partial charge on any atom is -0.497 e. The van der Waals surface area contributed by atoms with Crippen LogP contribution in [-0.4, -0.2) is 34.9 Å². The SMILES string of the molecule is COc1cccc(CNC(=O)N(C)Cc2cnn(Cc3ccccc3)c2)c1. The summed E-state index contributed by atoms with van der Waals surface area (Å²) in [6.45, 7) is 1.67. The van der Waals surface area contributed by atoms with Gasteiger partial charge in [-0.3, -0.25) is 4.68 Å². The Kier molecular flexibility index (Phi) is 6.10. The molecule has 0 atom stereocenters. The van der Waals surface area contributed by atoms with Gasteiger partial charge >= 0.3 is 6.03 Å². The number of methoxy groups -OCH3 is 1. The van der Waals surface area contributed by atoms with Gasteiger partial charge in [0.15, 0.2) is 0 Å². The van der Waals surface area contributed by atoms with Crippen LogP contribution in [0.3, 0.4) is 0 Å². The van der Waals surface area contributed by atoms with Gasteiger partial charge in [-0.25, -0.2) is 4.79 Å². The van der Waals surface area contributed by atoms with Crippen LogP contribution in [0.4, 0.5) is 4.79 Å². The molecule has 0 aliphatic heterocycles. The van der Waals surface area contributed by atoms with Gasteiger partial charge in [0.25, 0.3) is 0 Å². The fraction of sp³-hybridized carbons (Fsp3) is 0.238. The number of benzene rings is 2. The summed E-state index contributed by atoms with van der Waals surface area (Å²) in [7, 11) is 3.40. The smallest absolute Gasteiger partial charge is 0.317 e. The zero-order valence-corrected chi connectivity index (χ0v) is 15.6. The molecule has 27 heavy (non-hydrogen) atoms. The van der Waals surface area contributed by atoms with Crippen LogP contribution in [0.2, 0.25) is 0 Å². The molecule has 0 aliphatic carbocycles. The van der Waals surface area contributed by atoms with Crippen LogP contribution in [0.5, 0.6) is 5.75 Å². The Labute approximate surface area is 159 Å². The fourth-order valence-electron chi connectivity index (χ4n) is 2.79. The molecule has 140 valence electrons. The molecule has 1 N–H and O–H groups in total. The average molecular weight is 364 g/mol. The van der Waals surface area contributed by atoms with E-state index in [1.165, 1.54) is 5.56 Å². The molecule has 2 amide bonds. The van der Waals surface area contributed by atoms with Crippen molar-refractivity contribution in [1.82, 2.24) is 20.0 Å². The molecule has 6 heteroatoms. The van der Waals surface area contributed by atoms with Crippen LogP contribution in [0, 0.1) is 0 Å². The molecule has 2 aromatic carbocycles. The Morgan fingerprint density at radius 3 is 2.67 bits per heavy atom. The first-order valence-corrected chi connectivity index (χ1v) is 8.81. The van der Waals surface area contributed by atoms with E-state index in [0.717, 1.165) is 16.9 Å².